The van der Waals surface area contributed by atoms with Crippen LogP contribution in [-0.4, -0.2) is 25.0 Å². The highest BCUT2D eigenvalue weighted by molar-refractivity contribution is 6.04. The van der Waals surface area contributed by atoms with E-state index < -0.39 is 0 Å². The molecule has 5 heteroatoms. The van der Waals surface area contributed by atoms with Crippen LogP contribution in [-0.2, 0) is 4.79 Å². The highest BCUT2D eigenvalue weighted by atomic mass is 16.5. The van der Waals surface area contributed by atoms with Gasteiger partial charge in [-0.2, -0.15) is 0 Å². The van der Waals surface area contributed by atoms with E-state index in [-0.39, 0.29) is 18.4 Å². The first-order valence-corrected chi connectivity index (χ1v) is 7.47. The summed E-state index contributed by atoms with van der Waals surface area (Å²) in [5, 5.41) is 5.43. The lowest BCUT2D eigenvalue weighted by atomic mass is 10.1. The van der Waals surface area contributed by atoms with Gasteiger partial charge in [0.25, 0.3) is 11.8 Å². The number of benzene rings is 2. The maximum absolute atomic E-state index is 12.1. The molecule has 0 radical (unpaired) electrons. The van der Waals surface area contributed by atoms with Gasteiger partial charge in [0.05, 0.1) is 11.3 Å². The molecule has 0 aliphatic heterocycles. The molecule has 0 aromatic heterocycles. The monoisotopic (exact) mass is 312 g/mol. The third-order valence-electron chi connectivity index (χ3n) is 3.24. The Morgan fingerprint density at radius 3 is 2.48 bits per heavy atom. The second kappa shape index (κ2) is 7.98. The molecule has 23 heavy (non-hydrogen) atoms. The van der Waals surface area contributed by atoms with Gasteiger partial charge in [-0.25, -0.2) is 0 Å². The van der Waals surface area contributed by atoms with Gasteiger partial charge in [0.1, 0.15) is 5.75 Å². The maximum Gasteiger partial charge on any atom is 0.262 e. The smallest absolute Gasteiger partial charge is 0.262 e. The Morgan fingerprint density at radius 1 is 1.04 bits per heavy atom. The fraction of sp³-hybridized carbons (Fsp3) is 0.222. The second-order valence-electron chi connectivity index (χ2n) is 5.01. The number of hydrogen-bond acceptors (Lipinski definition) is 3. The lowest BCUT2D eigenvalue weighted by molar-refractivity contribution is -0.118. The highest BCUT2D eigenvalue weighted by Gasteiger charge is 2.12. The number of ether oxygens (including phenoxy) is 1. The summed E-state index contributed by atoms with van der Waals surface area (Å²) in [6, 6.07) is 14.4. The number of rotatable bonds is 6. The SMILES string of the molecule is CCNC(=O)c1ccccc1NC(=O)COc1ccccc1C. The minimum absolute atomic E-state index is 0.116. The van der Waals surface area contributed by atoms with Crippen LogP contribution in [0.1, 0.15) is 22.8 Å². The highest BCUT2D eigenvalue weighted by Crippen LogP contribution is 2.17. The Bertz CT molecular complexity index is 698. The molecule has 0 fully saturated rings. The molecule has 2 rings (SSSR count). The second-order valence-corrected chi connectivity index (χ2v) is 5.01. The van der Waals surface area contributed by atoms with Gasteiger partial charge in [-0.3, -0.25) is 9.59 Å². The first-order chi connectivity index (χ1) is 11.1. The van der Waals surface area contributed by atoms with Crippen molar-refractivity contribution in [2.24, 2.45) is 0 Å². The molecule has 0 heterocycles. The van der Waals surface area contributed by atoms with Gasteiger partial charge in [-0.1, -0.05) is 30.3 Å². The van der Waals surface area contributed by atoms with Crippen LogP contribution in [0.15, 0.2) is 48.5 Å². The van der Waals surface area contributed by atoms with Gasteiger partial charge >= 0.3 is 0 Å². The Kier molecular flexibility index (Phi) is 5.74. The quantitative estimate of drug-likeness (QED) is 0.862. The molecule has 2 aromatic rings. The summed E-state index contributed by atoms with van der Waals surface area (Å²) in [7, 11) is 0. The number of para-hydroxylation sites is 2. The van der Waals surface area contributed by atoms with Crippen molar-refractivity contribution in [2.45, 2.75) is 13.8 Å². The summed E-state index contributed by atoms with van der Waals surface area (Å²) in [5.41, 5.74) is 1.86. The Labute approximate surface area is 135 Å². The first kappa shape index (κ1) is 16.5. The summed E-state index contributed by atoms with van der Waals surface area (Å²) in [6.45, 7) is 4.17. The fourth-order valence-corrected chi connectivity index (χ4v) is 2.09. The van der Waals surface area contributed by atoms with Gasteiger partial charge < -0.3 is 15.4 Å². The zero-order chi connectivity index (χ0) is 16.7. The van der Waals surface area contributed by atoms with E-state index in [1.807, 2.05) is 38.1 Å². The molecule has 2 amide bonds. The Hall–Kier alpha value is -2.82. The molecule has 5 nitrogen and oxygen atoms in total. The topological polar surface area (TPSA) is 67.4 Å². The van der Waals surface area contributed by atoms with Crippen LogP contribution in [0, 0.1) is 6.92 Å². The summed E-state index contributed by atoms with van der Waals surface area (Å²) < 4.78 is 5.51. The molecule has 0 spiro atoms. The van der Waals surface area contributed by atoms with Gasteiger partial charge in [0.15, 0.2) is 6.61 Å². The number of carbonyl (C=O) groups is 2. The third kappa shape index (κ3) is 4.57. The summed E-state index contributed by atoms with van der Waals surface area (Å²) in [5.74, 6) is 0.132. The molecule has 0 saturated heterocycles. The van der Waals surface area contributed by atoms with Crippen molar-refractivity contribution in [3.63, 3.8) is 0 Å². The predicted molar refractivity (Wildman–Crippen MR) is 89.8 cm³/mol. The standard InChI is InChI=1S/C18H20N2O3/c1-3-19-18(22)14-9-5-6-10-15(14)20-17(21)12-23-16-11-7-4-8-13(16)2/h4-11H,3,12H2,1-2H3,(H,19,22)(H,20,21). The molecule has 0 saturated carbocycles. The molecule has 0 aliphatic carbocycles. The van der Waals surface area contributed by atoms with E-state index in [1.54, 1.807) is 24.3 Å². The maximum atomic E-state index is 12.1. The third-order valence-corrected chi connectivity index (χ3v) is 3.24. The molecule has 2 aromatic carbocycles. The Balaban J connectivity index is 2.01. The molecular formula is C18H20N2O3. The number of anilines is 1. The molecule has 0 aliphatic rings. The predicted octanol–water partition coefficient (Wildman–Crippen LogP) is 2.76. The molecule has 2 N–H and O–H groups in total. The average Bonchev–Trinajstić information content (AvgIpc) is 2.55. The lowest BCUT2D eigenvalue weighted by Crippen LogP contribution is -2.26. The molecule has 0 bridgehead atoms. The van der Waals surface area contributed by atoms with Crippen molar-refractivity contribution in [1.29, 1.82) is 0 Å². The zero-order valence-electron chi connectivity index (χ0n) is 13.3. The minimum atomic E-state index is -0.315. The van der Waals surface area contributed by atoms with Crippen LogP contribution in [0.4, 0.5) is 5.69 Å². The molecule has 120 valence electrons. The van der Waals surface area contributed by atoms with E-state index in [2.05, 4.69) is 10.6 Å². The number of amides is 2. The van der Waals surface area contributed by atoms with Crippen molar-refractivity contribution in [3.8, 4) is 5.75 Å². The number of aryl methyl sites for hydroxylation is 1. The van der Waals surface area contributed by atoms with Gasteiger partial charge in [-0.15, -0.1) is 0 Å². The summed E-state index contributed by atoms with van der Waals surface area (Å²) in [4.78, 5) is 24.0. The normalized spacial score (nSPS) is 10.0. The van der Waals surface area contributed by atoms with Crippen molar-refractivity contribution in [1.82, 2.24) is 5.32 Å². The summed E-state index contributed by atoms with van der Waals surface area (Å²) in [6.07, 6.45) is 0. The minimum Gasteiger partial charge on any atom is -0.483 e. The fourth-order valence-electron chi connectivity index (χ4n) is 2.09. The van der Waals surface area contributed by atoms with Crippen molar-refractivity contribution in [2.75, 3.05) is 18.5 Å². The van der Waals surface area contributed by atoms with Crippen molar-refractivity contribution < 1.29 is 14.3 Å². The van der Waals surface area contributed by atoms with Crippen LogP contribution in [0.5, 0.6) is 5.75 Å². The van der Waals surface area contributed by atoms with E-state index in [9.17, 15) is 9.59 Å². The number of carbonyl (C=O) groups excluding carboxylic acids is 2. The van der Waals surface area contributed by atoms with Crippen LogP contribution in [0.2, 0.25) is 0 Å². The van der Waals surface area contributed by atoms with E-state index in [4.69, 9.17) is 4.74 Å². The van der Waals surface area contributed by atoms with Gasteiger partial charge in [-0.05, 0) is 37.6 Å². The van der Waals surface area contributed by atoms with Crippen LogP contribution in [0.3, 0.4) is 0 Å². The molecule has 0 unspecified atom stereocenters. The number of nitrogens with one attached hydrogen (secondary N) is 2. The van der Waals surface area contributed by atoms with E-state index in [1.165, 1.54) is 0 Å². The van der Waals surface area contributed by atoms with Crippen LogP contribution in [0.25, 0.3) is 0 Å². The van der Waals surface area contributed by atoms with E-state index >= 15 is 0 Å². The van der Waals surface area contributed by atoms with Crippen LogP contribution >= 0.6 is 0 Å². The summed E-state index contributed by atoms with van der Waals surface area (Å²) >= 11 is 0. The first-order valence-electron chi connectivity index (χ1n) is 7.47. The van der Waals surface area contributed by atoms with Crippen molar-refractivity contribution in [3.05, 3.63) is 59.7 Å². The lowest BCUT2D eigenvalue weighted by Gasteiger charge is -2.12. The van der Waals surface area contributed by atoms with Gasteiger partial charge in [0.2, 0.25) is 0 Å². The van der Waals surface area contributed by atoms with Crippen LogP contribution < -0.4 is 15.4 Å². The average molecular weight is 312 g/mol. The molecular weight excluding hydrogens is 292 g/mol. The van der Waals surface area contributed by atoms with Crippen molar-refractivity contribution >= 4 is 17.5 Å². The molecule has 0 atom stereocenters. The van der Waals surface area contributed by atoms with E-state index in [0.717, 1.165) is 5.56 Å². The largest absolute Gasteiger partial charge is 0.483 e. The Morgan fingerprint density at radius 2 is 1.74 bits per heavy atom. The van der Waals surface area contributed by atoms with Gasteiger partial charge in [0, 0.05) is 6.54 Å². The zero-order valence-corrected chi connectivity index (χ0v) is 13.3. The van der Waals surface area contributed by atoms with E-state index in [0.29, 0.717) is 23.5 Å². The number of hydrogen-bond donors (Lipinski definition) is 2.